The largest absolute Gasteiger partial charge is 0.316 e. The number of rotatable bonds is 5. The summed E-state index contributed by atoms with van der Waals surface area (Å²) in [6, 6.07) is 0.801. The third-order valence-electron chi connectivity index (χ3n) is 3.82. The molecule has 2 heterocycles. The van der Waals surface area contributed by atoms with Crippen molar-refractivity contribution < 1.29 is 0 Å². The molecule has 5 heteroatoms. The van der Waals surface area contributed by atoms with Crippen LogP contribution in [0, 0.1) is 5.92 Å². The van der Waals surface area contributed by atoms with Crippen LogP contribution in [0.25, 0.3) is 0 Å². The van der Waals surface area contributed by atoms with Crippen molar-refractivity contribution in [3.63, 3.8) is 0 Å². The highest BCUT2D eigenvalue weighted by atomic mass is 35.5. The molecule has 3 rings (SSSR count). The van der Waals surface area contributed by atoms with Crippen molar-refractivity contribution in [2.45, 2.75) is 38.3 Å². The summed E-state index contributed by atoms with van der Waals surface area (Å²) in [5.74, 6) is 0.815. The molecule has 0 aromatic carbocycles. The van der Waals surface area contributed by atoms with Gasteiger partial charge in [-0.25, -0.2) is 4.98 Å². The molecule has 1 aromatic rings. The fraction of sp³-hybridized carbons (Fsp3) is 0.769. The van der Waals surface area contributed by atoms with Gasteiger partial charge in [0.15, 0.2) is 0 Å². The van der Waals surface area contributed by atoms with Crippen LogP contribution in [0.4, 0.5) is 0 Å². The molecule has 18 heavy (non-hydrogen) atoms. The topological polar surface area (TPSA) is 28.2 Å². The highest BCUT2D eigenvalue weighted by molar-refractivity contribution is 7.15. The zero-order valence-corrected chi connectivity index (χ0v) is 12.1. The van der Waals surface area contributed by atoms with Crippen molar-refractivity contribution in [1.82, 2.24) is 15.2 Å². The second-order valence-electron chi connectivity index (χ2n) is 5.43. The van der Waals surface area contributed by atoms with Crippen LogP contribution in [0.5, 0.6) is 0 Å². The number of halogens is 1. The van der Waals surface area contributed by atoms with Crippen LogP contribution in [-0.2, 0) is 6.54 Å². The quantitative estimate of drug-likeness (QED) is 0.902. The number of nitrogens with one attached hydrogen (secondary N) is 1. The first-order valence-corrected chi connectivity index (χ1v) is 8.05. The third kappa shape index (κ3) is 3.44. The van der Waals surface area contributed by atoms with Gasteiger partial charge in [0.1, 0.15) is 9.34 Å². The highest BCUT2D eigenvalue weighted by Crippen LogP contribution is 2.31. The first kappa shape index (κ1) is 12.9. The minimum absolute atomic E-state index is 0.801. The van der Waals surface area contributed by atoms with Gasteiger partial charge in [-0.2, -0.15) is 0 Å². The summed E-state index contributed by atoms with van der Waals surface area (Å²) in [5.41, 5.74) is 0. The molecule has 1 N–H and O–H groups in total. The van der Waals surface area contributed by atoms with E-state index in [1.54, 1.807) is 17.5 Å². The molecule has 1 saturated heterocycles. The SMILES string of the molecule is Clc1cnc(CN(CC2CCCNC2)C2CC2)s1. The molecule has 1 aliphatic heterocycles. The molecule has 3 nitrogen and oxygen atoms in total. The Morgan fingerprint density at radius 1 is 1.44 bits per heavy atom. The molecule has 2 fully saturated rings. The van der Waals surface area contributed by atoms with E-state index in [4.69, 9.17) is 11.6 Å². The standard InChI is InChI=1S/C13H20ClN3S/c14-12-7-16-13(18-12)9-17(11-3-4-11)8-10-2-1-5-15-6-10/h7,10-11,15H,1-6,8-9H2. The van der Waals surface area contributed by atoms with E-state index in [0.717, 1.165) is 27.8 Å². The van der Waals surface area contributed by atoms with E-state index >= 15 is 0 Å². The Balaban J connectivity index is 1.57. The number of hydrogen-bond acceptors (Lipinski definition) is 4. The number of thiazole rings is 1. The molecule has 100 valence electrons. The molecule has 0 amide bonds. The average molecular weight is 286 g/mol. The normalized spacial score (nSPS) is 24.7. The maximum atomic E-state index is 5.96. The summed E-state index contributed by atoms with van der Waals surface area (Å²) in [4.78, 5) is 7.01. The zero-order chi connectivity index (χ0) is 12.4. The monoisotopic (exact) mass is 285 g/mol. The van der Waals surface area contributed by atoms with Crippen LogP contribution in [0.15, 0.2) is 6.20 Å². The molecule has 0 radical (unpaired) electrons. The van der Waals surface area contributed by atoms with E-state index in [9.17, 15) is 0 Å². The van der Waals surface area contributed by atoms with Crippen LogP contribution in [0.1, 0.15) is 30.7 Å². The summed E-state index contributed by atoms with van der Waals surface area (Å²) in [7, 11) is 0. The predicted octanol–water partition coefficient (Wildman–Crippen LogP) is 2.76. The lowest BCUT2D eigenvalue weighted by Gasteiger charge is -2.29. The second-order valence-corrected chi connectivity index (χ2v) is 7.18. The Morgan fingerprint density at radius 3 is 2.94 bits per heavy atom. The fourth-order valence-corrected chi connectivity index (χ4v) is 3.71. The molecule has 1 aliphatic carbocycles. The Labute approximate surface area is 118 Å². The van der Waals surface area contributed by atoms with Gasteiger partial charge in [0.2, 0.25) is 0 Å². The van der Waals surface area contributed by atoms with Gasteiger partial charge in [0, 0.05) is 12.6 Å². The summed E-state index contributed by atoms with van der Waals surface area (Å²) in [5, 5.41) is 4.67. The lowest BCUT2D eigenvalue weighted by molar-refractivity contribution is 0.192. The van der Waals surface area contributed by atoms with Crippen molar-refractivity contribution in [2.75, 3.05) is 19.6 Å². The van der Waals surface area contributed by atoms with E-state index < -0.39 is 0 Å². The van der Waals surface area contributed by atoms with Crippen molar-refractivity contribution in [3.8, 4) is 0 Å². The van der Waals surface area contributed by atoms with Gasteiger partial charge >= 0.3 is 0 Å². The lowest BCUT2D eigenvalue weighted by atomic mass is 9.99. The molecular formula is C13H20ClN3S. The van der Waals surface area contributed by atoms with E-state index in [0.29, 0.717) is 0 Å². The van der Waals surface area contributed by atoms with Crippen molar-refractivity contribution in [3.05, 3.63) is 15.5 Å². The molecule has 0 bridgehead atoms. The van der Waals surface area contributed by atoms with E-state index in [-0.39, 0.29) is 0 Å². The minimum atomic E-state index is 0.801. The zero-order valence-electron chi connectivity index (χ0n) is 10.6. The number of hydrogen-bond donors (Lipinski definition) is 1. The number of nitrogens with zero attached hydrogens (tertiary/aromatic N) is 2. The minimum Gasteiger partial charge on any atom is -0.316 e. The second kappa shape index (κ2) is 5.87. The predicted molar refractivity (Wildman–Crippen MR) is 76.1 cm³/mol. The highest BCUT2D eigenvalue weighted by Gasteiger charge is 2.31. The van der Waals surface area contributed by atoms with Crippen LogP contribution >= 0.6 is 22.9 Å². The molecular weight excluding hydrogens is 266 g/mol. The summed E-state index contributed by atoms with van der Waals surface area (Å²) in [6.07, 6.45) is 7.19. The van der Waals surface area contributed by atoms with Gasteiger partial charge in [0.05, 0.1) is 12.7 Å². The van der Waals surface area contributed by atoms with Gasteiger partial charge in [-0.15, -0.1) is 11.3 Å². The molecule has 1 saturated carbocycles. The van der Waals surface area contributed by atoms with Crippen LogP contribution in [-0.4, -0.2) is 35.6 Å². The first-order valence-electron chi connectivity index (χ1n) is 6.86. The van der Waals surface area contributed by atoms with Crippen molar-refractivity contribution >= 4 is 22.9 Å². The Kier molecular flexibility index (Phi) is 4.19. The van der Waals surface area contributed by atoms with Crippen LogP contribution < -0.4 is 5.32 Å². The Morgan fingerprint density at radius 2 is 2.33 bits per heavy atom. The van der Waals surface area contributed by atoms with Gasteiger partial charge < -0.3 is 5.32 Å². The van der Waals surface area contributed by atoms with Crippen LogP contribution in [0.2, 0.25) is 4.34 Å². The smallest absolute Gasteiger partial charge is 0.113 e. The molecule has 2 aliphatic rings. The van der Waals surface area contributed by atoms with E-state index in [1.165, 1.54) is 45.3 Å². The Hall–Kier alpha value is -0.160. The number of piperidine rings is 1. The van der Waals surface area contributed by atoms with Gasteiger partial charge in [-0.1, -0.05) is 11.6 Å². The molecule has 1 atom stereocenters. The summed E-state index contributed by atoms with van der Waals surface area (Å²) < 4.78 is 0.806. The van der Waals surface area contributed by atoms with Gasteiger partial charge in [-0.05, 0) is 44.7 Å². The third-order valence-corrected chi connectivity index (χ3v) is 4.92. The fourth-order valence-electron chi connectivity index (χ4n) is 2.73. The van der Waals surface area contributed by atoms with Gasteiger partial charge in [0.25, 0.3) is 0 Å². The van der Waals surface area contributed by atoms with E-state index in [1.807, 2.05) is 0 Å². The molecule has 1 aromatic heterocycles. The molecule has 1 unspecified atom stereocenters. The summed E-state index contributed by atoms with van der Waals surface area (Å²) >= 11 is 7.58. The average Bonchev–Trinajstić information content (AvgIpc) is 3.15. The number of aromatic nitrogens is 1. The lowest BCUT2D eigenvalue weighted by Crippen LogP contribution is -2.39. The maximum Gasteiger partial charge on any atom is 0.113 e. The summed E-state index contributed by atoms with van der Waals surface area (Å²) in [6.45, 7) is 4.58. The van der Waals surface area contributed by atoms with Crippen LogP contribution in [0.3, 0.4) is 0 Å². The Bertz CT molecular complexity index is 385. The van der Waals surface area contributed by atoms with Crippen molar-refractivity contribution in [1.29, 1.82) is 0 Å². The van der Waals surface area contributed by atoms with Gasteiger partial charge in [-0.3, -0.25) is 4.90 Å². The van der Waals surface area contributed by atoms with E-state index in [2.05, 4.69) is 15.2 Å². The first-order chi connectivity index (χ1) is 8.81. The molecule has 0 spiro atoms. The maximum absolute atomic E-state index is 5.96. The van der Waals surface area contributed by atoms with Crippen molar-refractivity contribution in [2.24, 2.45) is 5.92 Å².